The Balaban J connectivity index is 1.34. The second kappa shape index (κ2) is 9.08. The third-order valence-corrected chi connectivity index (χ3v) is 6.13. The number of rotatable bonds is 7. The smallest absolute Gasteiger partial charge is 0.220 e. The van der Waals surface area contributed by atoms with Crippen molar-refractivity contribution in [3.05, 3.63) is 64.8 Å². The number of carbonyl (C=O) groups excluding carboxylic acids is 1. The van der Waals surface area contributed by atoms with Gasteiger partial charge in [0.2, 0.25) is 5.91 Å². The highest BCUT2D eigenvalue weighted by atomic mass is 35.5. The van der Waals surface area contributed by atoms with Gasteiger partial charge in [-0.15, -0.1) is 0 Å². The normalized spacial score (nSPS) is 21.1. The number of nitrogens with one attached hydrogen (secondary N) is 4. The number of aromatic amines is 1. The molecule has 3 unspecified atom stereocenters. The highest BCUT2D eigenvalue weighted by Crippen LogP contribution is 2.31. The largest absolute Gasteiger partial charge is 0.497 e. The quantitative estimate of drug-likeness (QED) is 0.464. The van der Waals surface area contributed by atoms with Crippen molar-refractivity contribution in [2.45, 2.75) is 31.8 Å². The zero-order valence-electron chi connectivity index (χ0n) is 17.2. The van der Waals surface area contributed by atoms with E-state index >= 15 is 0 Å². The maximum Gasteiger partial charge on any atom is 0.220 e. The molecule has 4 N–H and O–H groups in total. The molecular weight excluding hydrogens is 400 g/mol. The van der Waals surface area contributed by atoms with Crippen LogP contribution in [0.4, 0.5) is 0 Å². The summed E-state index contributed by atoms with van der Waals surface area (Å²) in [5.74, 6) is 1.05. The fourth-order valence-electron chi connectivity index (χ4n) is 4.13. The van der Waals surface area contributed by atoms with Crippen LogP contribution in [0.5, 0.6) is 5.75 Å². The van der Waals surface area contributed by atoms with Crippen LogP contribution >= 0.6 is 11.6 Å². The summed E-state index contributed by atoms with van der Waals surface area (Å²) in [4.78, 5) is 15.9. The lowest BCUT2D eigenvalue weighted by Crippen LogP contribution is -2.32. The topological polar surface area (TPSA) is 78.2 Å². The van der Waals surface area contributed by atoms with E-state index in [0.29, 0.717) is 18.0 Å². The molecule has 2 heterocycles. The van der Waals surface area contributed by atoms with Gasteiger partial charge < -0.3 is 15.0 Å². The molecule has 3 atom stereocenters. The standard InChI is InChI=1S/C23H27ClN4O2/c1-14-19(23(28-27-14)15-3-5-17(24)6-4-15)12-22(29)25-10-9-16-13-26-21-8-7-18(30-2)11-20(16)21/h3-8,11,13-14,19,23,26-28H,9-10,12H2,1-2H3,(H,25,29). The Hall–Kier alpha value is -2.54. The SMILES string of the molecule is COc1ccc2[nH]cc(CCNC(=O)CC3C(C)NNC3c3ccc(Cl)cc3)c2c1. The average Bonchev–Trinajstić information content (AvgIpc) is 3.32. The molecule has 0 spiro atoms. The number of H-pyrrole nitrogens is 1. The molecule has 1 saturated heterocycles. The molecule has 4 rings (SSSR count). The van der Waals surface area contributed by atoms with Crippen LogP contribution in [0.1, 0.15) is 30.5 Å². The molecule has 0 saturated carbocycles. The lowest BCUT2D eigenvalue weighted by atomic mass is 9.87. The first-order valence-corrected chi connectivity index (χ1v) is 10.6. The molecule has 0 aliphatic carbocycles. The van der Waals surface area contributed by atoms with Gasteiger partial charge in [-0.3, -0.25) is 10.2 Å². The summed E-state index contributed by atoms with van der Waals surface area (Å²) in [5.41, 5.74) is 9.95. The molecule has 1 aromatic heterocycles. The minimum absolute atomic E-state index is 0.0636. The Morgan fingerprint density at radius 3 is 2.73 bits per heavy atom. The molecule has 0 radical (unpaired) electrons. The molecule has 1 aliphatic heterocycles. The van der Waals surface area contributed by atoms with E-state index in [4.69, 9.17) is 16.3 Å². The first-order chi connectivity index (χ1) is 14.5. The second-order valence-corrected chi connectivity index (χ2v) is 8.24. The van der Waals surface area contributed by atoms with Crippen molar-refractivity contribution in [3.8, 4) is 5.75 Å². The van der Waals surface area contributed by atoms with Crippen LogP contribution in [0.2, 0.25) is 5.02 Å². The van der Waals surface area contributed by atoms with Crippen LogP contribution in [0.25, 0.3) is 10.9 Å². The Kier molecular flexibility index (Phi) is 6.27. The maximum atomic E-state index is 12.7. The number of fused-ring (bicyclic) bond motifs is 1. The fraction of sp³-hybridized carbons (Fsp3) is 0.348. The molecule has 1 aliphatic rings. The Morgan fingerprint density at radius 2 is 1.97 bits per heavy atom. The van der Waals surface area contributed by atoms with Crippen molar-refractivity contribution in [2.24, 2.45) is 5.92 Å². The molecule has 158 valence electrons. The van der Waals surface area contributed by atoms with Crippen LogP contribution in [-0.4, -0.2) is 30.6 Å². The van der Waals surface area contributed by atoms with Gasteiger partial charge in [0, 0.05) is 47.0 Å². The van der Waals surface area contributed by atoms with Crippen molar-refractivity contribution in [3.63, 3.8) is 0 Å². The van der Waals surface area contributed by atoms with Gasteiger partial charge in [0.05, 0.1) is 13.2 Å². The van der Waals surface area contributed by atoms with Crippen LogP contribution in [0.3, 0.4) is 0 Å². The van der Waals surface area contributed by atoms with Crippen LogP contribution in [0.15, 0.2) is 48.7 Å². The van der Waals surface area contributed by atoms with E-state index in [1.54, 1.807) is 7.11 Å². The van der Waals surface area contributed by atoms with Gasteiger partial charge in [-0.1, -0.05) is 23.7 Å². The zero-order valence-corrected chi connectivity index (χ0v) is 17.9. The number of carbonyl (C=O) groups is 1. The molecule has 30 heavy (non-hydrogen) atoms. The first kappa shape index (κ1) is 20.7. The zero-order chi connectivity index (χ0) is 21.1. The van der Waals surface area contributed by atoms with E-state index < -0.39 is 0 Å². The molecule has 2 aromatic carbocycles. The number of hydrazine groups is 1. The summed E-state index contributed by atoms with van der Waals surface area (Å²) in [6.45, 7) is 2.69. The van der Waals surface area contributed by atoms with Gasteiger partial charge in [0.25, 0.3) is 0 Å². The van der Waals surface area contributed by atoms with Crippen LogP contribution in [0, 0.1) is 5.92 Å². The molecule has 0 bridgehead atoms. The minimum atomic E-state index is 0.0636. The molecule has 1 fully saturated rings. The fourth-order valence-corrected chi connectivity index (χ4v) is 4.26. The number of hydrogen-bond acceptors (Lipinski definition) is 4. The second-order valence-electron chi connectivity index (χ2n) is 7.80. The lowest BCUT2D eigenvalue weighted by molar-refractivity contribution is -0.122. The van der Waals surface area contributed by atoms with E-state index in [-0.39, 0.29) is 23.9 Å². The summed E-state index contributed by atoms with van der Waals surface area (Å²) in [6.07, 6.45) is 3.21. The Morgan fingerprint density at radius 1 is 1.17 bits per heavy atom. The van der Waals surface area contributed by atoms with Crippen molar-refractivity contribution < 1.29 is 9.53 Å². The summed E-state index contributed by atoms with van der Waals surface area (Å²) in [5, 5.41) is 4.92. The monoisotopic (exact) mass is 426 g/mol. The summed E-state index contributed by atoms with van der Waals surface area (Å²) >= 11 is 6.01. The van der Waals surface area contributed by atoms with E-state index in [1.165, 1.54) is 5.56 Å². The number of methoxy groups -OCH3 is 1. The maximum absolute atomic E-state index is 12.7. The molecule has 7 heteroatoms. The van der Waals surface area contributed by atoms with Gasteiger partial charge in [0.15, 0.2) is 0 Å². The van der Waals surface area contributed by atoms with Crippen molar-refractivity contribution in [1.82, 2.24) is 21.2 Å². The van der Waals surface area contributed by atoms with Crippen molar-refractivity contribution in [1.29, 1.82) is 0 Å². The van der Waals surface area contributed by atoms with Crippen molar-refractivity contribution in [2.75, 3.05) is 13.7 Å². The van der Waals surface area contributed by atoms with Crippen LogP contribution in [-0.2, 0) is 11.2 Å². The van der Waals surface area contributed by atoms with E-state index in [9.17, 15) is 4.79 Å². The van der Waals surface area contributed by atoms with Gasteiger partial charge in [-0.25, -0.2) is 5.43 Å². The predicted molar refractivity (Wildman–Crippen MR) is 120 cm³/mol. The minimum Gasteiger partial charge on any atom is -0.497 e. The molecule has 1 amide bonds. The van der Waals surface area contributed by atoms with Crippen molar-refractivity contribution >= 4 is 28.4 Å². The highest BCUT2D eigenvalue weighted by Gasteiger charge is 2.35. The van der Waals surface area contributed by atoms with Crippen LogP contribution < -0.4 is 20.9 Å². The van der Waals surface area contributed by atoms with Gasteiger partial charge in [-0.05, 0) is 54.8 Å². The van der Waals surface area contributed by atoms with E-state index in [2.05, 4.69) is 28.1 Å². The summed E-state index contributed by atoms with van der Waals surface area (Å²) in [7, 11) is 1.67. The summed E-state index contributed by atoms with van der Waals surface area (Å²) < 4.78 is 5.32. The molecular formula is C23H27ClN4O2. The van der Waals surface area contributed by atoms with E-state index in [1.807, 2.05) is 48.7 Å². The van der Waals surface area contributed by atoms with Gasteiger partial charge in [0.1, 0.15) is 5.75 Å². The molecule has 6 nitrogen and oxygen atoms in total. The number of benzene rings is 2. The number of amides is 1. The summed E-state index contributed by atoms with van der Waals surface area (Å²) in [6, 6.07) is 14.0. The average molecular weight is 427 g/mol. The van der Waals surface area contributed by atoms with Gasteiger partial charge in [-0.2, -0.15) is 0 Å². The third kappa shape index (κ3) is 4.46. The third-order valence-electron chi connectivity index (χ3n) is 5.88. The van der Waals surface area contributed by atoms with E-state index in [0.717, 1.165) is 28.6 Å². The number of aromatic nitrogens is 1. The Labute approximate surface area is 181 Å². The highest BCUT2D eigenvalue weighted by molar-refractivity contribution is 6.30. The van der Waals surface area contributed by atoms with Gasteiger partial charge >= 0.3 is 0 Å². The number of halogens is 1. The number of ether oxygens (including phenoxy) is 1. The number of hydrogen-bond donors (Lipinski definition) is 4. The molecule has 3 aromatic rings. The predicted octanol–water partition coefficient (Wildman–Crippen LogP) is 3.73. The first-order valence-electron chi connectivity index (χ1n) is 10.2. The Bertz CT molecular complexity index is 1020. The lowest BCUT2D eigenvalue weighted by Gasteiger charge is -2.21.